The minimum atomic E-state index is 0.748. The molecule has 1 aromatic heterocycles. The van der Waals surface area contributed by atoms with Gasteiger partial charge in [-0.05, 0) is 24.6 Å². The van der Waals surface area contributed by atoms with Crippen LogP contribution in [-0.2, 0) is 6.42 Å². The van der Waals surface area contributed by atoms with Gasteiger partial charge in [0.05, 0.1) is 18.1 Å². The first-order valence-corrected chi connectivity index (χ1v) is 6.34. The lowest BCUT2D eigenvalue weighted by Gasteiger charge is -2.05. The molecule has 0 saturated carbocycles. The van der Waals surface area contributed by atoms with E-state index < -0.39 is 0 Å². The molecule has 96 valence electrons. The van der Waals surface area contributed by atoms with E-state index in [-0.39, 0.29) is 0 Å². The third kappa shape index (κ3) is 2.19. The number of hydrogen-bond donors (Lipinski definition) is 1. The Kier molecular flexibility index (Phi) is 2.95. The predicted molar refractivity (Wildman–Crippen MR) is 76.6 cm³/mol. The molecule has 2 aromatic carbocycles. The van der Waals surface area contributed by atoms with Crippen molar-refractivity contribution in [2.24, 2.45) is 0 Å². The second kappa shape index (κ2) is 4.76. The maximum absolute atomic E-state index is 5.37. The van der Waals surface area contributed by atoms with Crippen molar-refractivity contribution in [3.63, 3.8) is 0 Å². The van der Waals surface area contributed by atoms with Gasteiger partial charge in [0.15, 0.2) is 0 Å². The summed E-state index contributed by atoms with van der Waals surface area (Å²) in [5.41, 5.74) is 4.47. The van der Waals surface area contributed by atoms with Gasteiger partial charge in [-0.2, -0.15) is 0 Å². The summed E-state index contributed by atoms with van der Waals surface area (Å²) in [6.07, 6.45) is 0.748. The van der Waals surface area contributed by atoms with Crippen LogP contribution in [-0.4, -0.2) is 17.1 Å². The number of ether oxygens (including phenoxy) is 1. The van der Waals surface area contributed by atoms with Crippen molar-refractivity contribution in [1.82, 2.24) is 9.97 Å². The van der Waals surface area contributed by atoms with Gasteiger partial charge < -0.3 is 9.72 Å². The molecule has 0 radical (unpaired) electrons. The number of methoxy groups -OCH3 is 1. The average molecular weight is 252 g/mol. The molecule has 0 amide bonds. The van der Waals surface area contributed by atoms with Crippen LogP contribution in [0.15, 0.2) is 42.5 Å². The minimum absolute atomic E-state index is 0.748. The summed E-state index contributed by atoms with van der Waals surface area (Å²) in [4.78, 5) is 8.04. The number of benzene rings is 2. The van der Waals surface area contributed by atoms with E-state index in [1.807, 2.05) is 24.3 Å². The lowest BCUT2D eigenvalue weighted by atomic mass is 10.1. The highest BCUT2D eigenvalue weighted by Crippen LogP contribution is 2.22. The first kappa shape index (κ1) is 11.8. The molecule has 3 rings (SSSR count). The molecule has 0 aliphatic heterocycles. The third-order valence-corrected chi connectivity index (χ3v) is 3.31. The van der Waals surface area contributed by atoms with E-state index in [4.69, 9.17) is 4.74 Å². The molecule has 0 fully saturated rings. The summed E-state index contributed by atoms with van der Waals surface area (Å²) >= 11 is 0. The SMILES string of the molecule is COc1ccccc1Cc1nc2c(C)cccc2[nH]1. The van der Waals surface area contributed by atoms with Crippen molar-refractivity contribution in [2.45, 2.75) is 13.3 Å². The Balaban J connectivity index is 1.99. The van der Waals surface area contributed by atoms with Gasteiger partial charge in [-0.3, -0.25) is 0 Å². The zero-order chi connectivity index (χ0) is 13.2. The second-order valence-electron chi connectivity index (χ2n) is 4.64. The van der Waals surface area contributed by atoms with Crippen LogP contribution in [0.2, 0.25) is 0 Å². The number of aromatic amines is 1. The summed E-state index contributed by atoms with van der Waals surface area (Å²) < 4.78 is 5.37. The maximum atomic E-state index is 5.37. The number of nitrogens with one attached hydrogen (secondary N) is 1. The van der Waals surface area contributed by atoms with Gasteiger partial charge in [0.2, 0.25) is 0 Å². The summed E-state index contributed by atoms with van der Waals surface area (Å²) in [5.74, 6) is 1.87. The number of aromatic nitrogens is 2. The van der Waals surface area contributed by atoms with Crippen molar-refractivity contribution in [3.05, 3.63) is 59.4 Å². The maximum Gasteiger partial charge on any atom is 0.122 e. The number of aryl methyl sites for hydroxylation is 1. The van der Waals surface area contributed by atoms with Crippen LogP contribution in [0.5, 0.6) is 5.75 Å². The van der Waals surface area contributed by atoms with E-state index in [0.717, 1.165) is 34.6 Å². The molecule has 0 spiro atoms. The van der Waals surface area contributed by atoms with Crippen LogP contribution in [0.1, 0.15) is 17.0 Å². The van der Waals surface area contributed by atoms with E-state index in [1.165, 1.54) is 5.56 Å². The fourth-order valence-corrected chi connectivity index (χ4v) is 2.34. The zero-order valence-electron chi connectivity index (χ0n) is 11.1. The van der Waals surface area contributed by atoms with Crippen molar-refractivity contribution in [2.75, 3.05) is 7.11 Å². The highest BCUT2D eigenvalue weighted by atomic mass is 16.5. The molecular formula is C16H16N2O. The topological polar surface area (TPSA) is 37.9 Å². The largest absolute Gasteiger partial charge is 0.496 e. The number of fused-ring (bicyclic) bond motifs is 1. The average Bonchev–Trinajstić information content (AvgIpc) is 2.83. The molecule has 0 unspecified atom stereocenters. The summed E-state index contributed by atoms with van der Waals surface area (Å²) in [7, 11) is 1.70. The molecule has 0 aliphatic carbocycles. The van der Waals surface area contributed by atoms with Gasteiger partial charge in [-0.25, -0.2) is 4.98 Å². The molecular weight excluding hydrogens is 236 g/mol. The Morgan fingerprint density at radius 1 is 1.11 bits per heavy atom. The second-order valence-corrected chi connectivity index (χ2v) is 4.64. The molecule has 0 bridgehead atoms. The normalized spacial score (nSPS) is 10.8. The Morgan fingerprint density at radius 2 is 1.95 bits per heavy atom. The van der Waals surface area contributed by atoms with E-state index in [2.05, 4.69) is 35.1 Å². The molecule has 19 heavy (non-hydrogen) atoms. The fourth-order valence-electron chi connectivity index (χ4n) is 2.34. The third-order valence-electron chi connectivity index (χ3n) is 3.31. The van der Waals surface area contributed by atoms with E-state index >= 15 is 0 Å². The van der Waals surface area contributed by atoms with Gasteiger partial charge in [-0.15, -0.1) is 0 Å². The Hall–Kier alpha value is -2.29. The number of rotatable bonds is 3. The smallest absolute Gasteiger partial charge is 0.122 e. The Morgan fingerprint density at radius 3 is 2.74 bits per heavy atom. The van der Waals surface area contributed by atoms with Crippen LogP contribution in [0.25, 0.3) is 11.0 Å². The first-order valence-electron chi connectivity index (χ1n) is 6.34. The highest BCUT2D eigenvalue weighted by Gasteiger charge is 2.08. The standard InChI is InChI=1S/C16H16N2O/c1-11-6-5-8-13-16(11)18-15(17-13)10-12-7-3-4-9-14(12)19-2/h3-9H,10H2,1-2H3,(H,17,18). The van der Waals surface area contributed by atoms with Crippen LogP contribution in [0.4, 0.5) is 0 Å². The first-order chi connectivity index (χ1) is 9.28. The van der Waals surface area contributed by atoms with Gasteiger partial charge in [0.1, 0.15) is 11.6 Å². The molecule has 3 nitrogen and oxygen atoms in total. The van der Waals surface area contributed by atoms with E-state index in [1.54, 1.807) is 7.11 Å². The summed E-state index contributed by atoms with van der Waals surface area (Å²) in [5, 5.41) is 0. The molecule has 0 aliphatic rings. The Labute approximate surface area is 112 Å². The molecule has 3 heteroatoms. The number of hydrogen-bond acceptors (Lipinski definition) is 2. The number of H-pyrrole nitrogens is 1. The number of para-hydroxylation sites is 2. The van der Waals surface area contributed by atoms with Crippen LogP contribution < -0.4 is 4.74 Å². The molecule has 1 heterocycles. The summed E-state index contributed by atoms with van der Waals surface area (Å²) in [6, 6.07) is 14.2. The lowest BCUT2D eigenvalue weighted by molar-refractivity contribution is 0.410. The van der Waals surface area contributed by atoms with Crippen LogP contribution in [0.3, 0.4) is 0 Å². The fraction of sp³-hybridized carbons (Fsp3) is 0.188. The van der Waals surface area contributed by atoms with Crippen molar-refractivity contribution >= 4 is 11.0 Å². The Bertz CT molecular complexity index is 716. The van der Waals surface area contributed by atoms with Crippen LogP contribution in [0, 0.1) is 6.92 Å². The number of nitrogens with zero attached hydrogens (tertiary/aromatic N) is 1. The molecule has 1 N–H and O–H groups in total. The minimum Gasteiger partial charge on any atom is -0.496 e. The van der Waals surface area contributed by atoms with Crippen molar-refractivity contribution in [1.29, 1.82) is 0 Å². The van der Waals surface area contributed by atoms with E-state index in [0.29, 0.717) is 0 Å². The lowest BCUT2D eigenvalue weighted by Crippen LogP contribution is -1.94. The molecule has 3 aromatic rings. The molecule has 0 saturated heterocycles. The van der Waals surface area contributed by atoms with E-state index in [9.17, 15) is 0 Å². The predicted octanol–water partition coefficient (Wildman–Crippen LogP) is 3.47. The monoisotopic (exact) mass is 252 g/mol. The van der Waals surface area contributed by atoms with Gasteiger partial charge >= 0.3 is 0 Å². The van der Waals surface area contributed by atoms with Crippen molar-refractivity contribution < 1.29 is 4.74 Å². The summed E-state index contributed by atoms with van der Waals surface area (Å²) in [6.45, 7) is 2.08. The molecule has 0 atom stereocenters. The van der Waals surface area contributed by atoms with Crippen LogP contribution >= 0.6 is 0 Å². The highest BCUT2D eigenvalue weighted by molar-refractivity contribution is 5.78. The van der Waals surface area contributed by atoms with Crippen molar-refractivity contribution in [3.8, 4) is 5.75 Å². The number of imidazole rings is 1. The quantitative estimate of drug-likeness (QED) is 0.775. The zero-order valence-corrected chi connectivity index (χ0v) is 11.1. The van der Waals surface area contributed by atoms with Gasteiger partial charge in [-0.1, -0.05) is 30.3 Å². The van der Waals surface area contributed by atoms with Gasteiger partial charge in [0, 0.05) is 12.0 Å². The van der Waals surface area contributed by atoms with Gasteiger partial charge in [0.25, 0.3) is 0 Å².